The summed E-state index contributed by atoms with van der Waals surface area (Å²) in [6.45, 7) is 3.71. The quantitative estimate of drug-likeness (QED) is 0.868. The van der Waals surface area contributed by atoms with Gasteiger partial charge in [-0.25, -0.2) is 15.0 Å². The van der Waals surface area contributed by atoms with Gasteiger partial charge in [0, 0.05) is 5.38 Å². The molecule has 2 rings (SSSR count). The molecular formula is C11H11N5S. The van der Waals surface area contributed by atoms with Crippen molar-refractivity contribution < 1.29 is 0 Å². The number of aromatic nitrogens is 3. The van der Waals surface area contributed by atoms with E-state index in [2.05, 4.69) is 15.0 Å². The number of nitrogens with zero attached hydrogens (tertiary/aromatic N) is 4. The second-order valence-corrected chi connectivity index (χ2v) is 4.69. The van der Waals surface area contributed by atoms with E-state index < -0.39 is 0 Å². The molecule has 0 aromatic carbocycles. The molecule has 6 heteroatoms. The molecule has 0 radical (unpaired) electrons. The molecule has 0 aliphatic heterocycles. The largest absolute Gasteiger partial charge is 0.382 e. The highest BCUT2D eigenvalue weighted by molar-refractivity contribution is 7.09. The van der Waals surface area contributed by atoms with Crippen molar-refractivity contribution in [1.29, 1.82) is 5.26 Å². The average Bonchev–Trinajstić information content (AvgIpc) is 2.63. The predicted molar refractivity (Wildman–Crippen MR) is 65.6 cm³/mol. The van der Waals surface area contributed by atoms with Gasteiger partial charge in [0.2, 0.25) is 0 Å². The lowest BCUT2D eigenvalue weighted by Crippen LogP contribution is -2.06. The summed E-state index contributed by atoms with van der Waals surface area (Å²) < 4.78 is 0. The molecule has 5 nitrogen and oxygen atoms in total. The number of nitrogens with two attached hydrogens (primary N) is 1. The number of rotatable bonds is 2. The van der Waals surface area contributed by atoms with Gasteiger partial charge in [0.1, 0.15) is 23.3 Å². The third kappa shape index (κ3) is 2.40. The number of nitrogen functional groups attached to an aromatic ring is 1. The molecule has 2 aromatic heterocycles. The topological polar surface area (TPSA) is 88.5 Å². The number of nitriles is 1. The number of aryl methyl sites for hydroxylation is 2. The van der Waals surface area contributed by atoms with Crippen LogP contribution in [0.3, 0.4) is 0 Å². The number of hydrogen-bond donors (Lipinski definition) is 1. The van der Waals surface area contributed by atoms with Crippen molar-refractivity contribution in [3.8, 4) is 6.07 Å². The molecule has 0 unspecified atom stereocenters. The summed E-state index contributed by atoms with van der Waals surface area (Å²) in [6, 6.07) is 2.00. The smallest absolute Gasteiger partial charge is 0.145 e. The Kier molecular flexibility index (Phi) is 3.02. The van der Waals surface area contributed by atoms with Gasteiger partial charge >= 0.3 is 0 Å². The molecule has 0 bridgehead atoms. The molecule has 2 aromatic rings. The summed E-state index contributed by atoms with van der Waals surface area (Å²) >= 11 is 1.59. The summed E-state index contributed by atoms with van der Waals surface area (Å²) in [6.07, 6.45) is 0.543. The van der Waals surface area contributed by atoms with Crippen molar-refractivity contribution in [3.63, 3.8) is 0 Å². The molecule has 2 heterocycles. The molecule has 0 aliphatic carbocycles. The molecule has 0 fully saturated rings. The van der Waals surface area contributed by atoms with Gasteiger partial charge in [0.25, 0.3) is 0 Å². The normalized spacial score (nSPS) is 10.2. The number of thiazole rings is 1. The lowest BCUT2D eigenvalue weighted by molar-refractivity contribution is 0.921. The Morgan fingerprint density at radius 1 is 1.35 bits per heavy atom. The predicted octanol–water partition coefficient (Wildman–Crippen LogP) is 1.59. The van der Waals surface area contributed by atoms with Gasteiger partial charge < -0.3 is 5.73 Å². The van der Waals surface area contributed by atoms with E-state index in [1.807, 2.05) is 18.4 Å². The summed E-state index contributed by atoms with van der Waals surface area (Å²) in [5.41, 5.74) is 7.59. The fourth-order valence-electron chi connectivity index (χ4n) is 1.52. The van der Waals surface area contributed by atoms with E-state index in [-0.39, 0.29) is 5.82 Å². The first-order valence-corrected chi connectivity index (χ1v) is 5.92. The maximum absolute atomic E-state index is 8.86. The molecular weight excluding hydrogens is 234 g/mol. The van der Waals surface area contributed by atoms with Crippen molar-refractivity contribution >= 4 is 17.2 Å². The van der Waals surface area contributed by atoms with Crippen LogP contribution in [-0.4, -0.2) is 15.0 Å². The van der Waals surface area contributed by atoms with Crippen LogP contribution in [0.5, 0.6) is 0 Å². The summed E-state index contributed by atoms with van der Waals surface area (Å²) in [4.78, 5) is 12.7. The van der Waals surface area contributed by atoms with E-state index in [9.17, 15) is 0 Å². The Morgan fingerprint density at radius 3 is 2.65 bits per heavy atom. The first-order valence-electron chi connectivity index (χ1n) is 5.04. The monoisotopic (exact) mass is 245 g/mol. The zero-order valence-electron chi connectivity index (χ0n) is 9.56. The fourth-order valence-corrected chi connectivity index (χ4v) is 2.14. The average molecular weight is 245 g/mol. The molecule has 0 amide bonds. The molecule has 0 saturated heterocycles. The SMILES string of the molecule is Cc1nc(Cc2nc(C)c(C#N)c(N)n2)cs1. The van der Waals surface area contributed by atoms with Crippen LogP contribution in [0.15, 0.2) is 5.38 Å². The Bertz CT molecular complexity index is 573. The molecule has 0 aliphatic rings. The second kappa shape index (κ2) is 4.47. The third-order valence-corrected chi connectivity index (χ3v) is 3.10. The second-order valence-electron chi connectivity index (χ2n) is 3.63. The number of hydrogen-bond acceptors (Lipinski definition) is 6. The van der Waals surface area contributed by atoms with Crippen molar-refractivity contribution in [1.82, 2.24) is 15.0 Å². The van der Waals surface area contributed by atoms with E-state index in [0.29, 0.717) is 23.5 Å². The Morgan fingerprint density at radius 2 is 2.12 bits per heavy atom. The van der Waals surface area contributed by atoms with Crippen molar-refractivity contribution in [3.05, 3.63) is 33.2 Å². The summed E-state index contributed by atoms with van der Waals surface area (Å²) in [5.74, 6) is 0.839. The molecule has 0 saturated carbocycles. The molecule has 17 heavy (non-hydrogen) atoms. The van der Waals surface area contributed by atoms with E-state index in [0.717, 1.165) is 10.7 Å². The Balaban J connectivity index is 2.32. The van der Waals surface area contributed by atoms with Gasteiger partial charge in [-0.1, -0.05) is 0 Å². The van der Waals surface area contributed by atoms with Gasteiger partial charge in [-0.2, -0.15) is 5.26 Å². The van der Waals surface area contributed by atoms with Crippen LogP contribution in [0.2, 0.25) is 0 Å². The highest BCUT2D eigenvalue weighted by Crippen LogP contribution is 2.15. The summed E-state index contributed by atoms with van der Waals surface area (Å²) in [7, 11) is 0. The van der Waals surface area contributed by atoms with Crippen LogP contribution in [0, 0.1) is 25.2 Å². The molecule has 0 spiro atoms. The van der Waals surface area contributed by atoms with Crippen LogP contribution in [0.25, 0.3) is 0 Å². The van der Waals surface area contributed by atoms with Crippen molar-refractivity contribution in [2.75, 3.05) is 5.73 Å². The maximum atomic E-state index is 8.86. The van der Waals surface area contributed by atoms with Crippen molar-refractivity contribution in [2.45, 2.75) is 20.3 Å². The fraction of sp³-hybridized carbons (Fsp3) is 0.273. The van der Waals surface area contributed by atoms with Gasteiger partial charge in [0.05, 0.1) is 22.8 Å². The lowest BCUT2D eigenvalue weighted by atomic mass is 10.2. The minimum Gasteiger partial charge on any atom is -0.382 e. The van der Waals surface area contributed by atoms with Crippen LogP contribution >= 0.6 is 11.3 Å². The van der Waals surface area contributed by atoms with E-state index in [1.165, 1.54) is 0 Å². The molecule has 86 valence electrons. The highest BCUT2D eigenvalue weighted by atomic mass is 32.1. The van der Waals surface area contributed by atoms with Crippen LogP contribution < -0.4 is 5.73 Å². The van der Waals surface area contributed by atoms with Gasteiger partial charge in [-0.05, 0) is 13.8 Å². The summed E-state index contributed by atoms with van der Waals surface area (Å²) in [5, 5.41) is 11.8. The zero-order valence-corrected chi connectivity index (χ0v) is 10.4. The first-order chi connectivity index (χ1) is 8.10. The Hall–Kier alpha value is -2.00. The van der Waals surface area contributed by atoms with Crippen LogP contribution in [-0.2, 0) is 6.42 Å². The van der Waals surface area contributed by atoms with E-state index >= 15 is 0 Å². The highest BCUT2D eigenvalue weighted by Gasteiger charge is 2.10. The van der Waals surface area contributed by atoms with Crippen molar-refractivity contribution in [2.24, 2.45) is 0 Å². The molecule has 2 N–H and O–H groups in total. The van der Waals surface area contributed by atoms with Crippen LogP contribution in [0.4, 0.5) is 5.82 Å². The zero-order chi connectivity index (χ0) is 12.4. The van der Waals surface area contributed by atoms with E-state index in [1.54, 1.807) is 18.3 Å². The van der Waals surface area contributed by atoms with Gasteiger partial charge in [-0.15, -0.1) is 11.3 Å². The lowest BCUT2D eigenvalue weighted by Gasteiger charge is -2.03. The molecule has 0 atom stereocenters. The standard InChI is InChI=1S/C11H11N5S/c1-6-9(4-12)11(13)16-10(14-6)3-8-5-17-7(2)15-8/h5H,3H2,1-2H3,(H2,13,14,16). The van der Waals surface area contributed by atoms with Crippen LogP contribution in [0.1, 0.15) is 27.8 Å². The minimum absolute atomic E-state index is 0.238. The van der Waals surface area contributed by atoms with Gasteiger partial charge in [-0.3, -0.25) is 0 Å². The Labute approximate surface area is 103 Å². The third-order valence-electron chi connectivity index (χ3n) is 2.28. The number of anilines is 1. The first kappa shape index (κ1) is 11.5. The van der Waals surface area contributed by atoms with E-state index in [4.69, 9.17) is 11.0 Å². The maximum Gasteiger partial charge on any atom is 0.145 e. The minimum atomic E-state index is 0.238. The van der Waals surface area contributed by atoms with Gasteiger partial charge in [0.15, 0.2) is 0 Å².